The summed E-state index contributed by atoms with van der Waals surface area (Å²) in [7, 11) is 0. The largest absolute Gasteiger partial charge is 3.00 e. The van der Waals surface area contributed by atoms with E-state index in [4.69, 9.17) is 19.9 Å². The number of unbranched alkanes of at least 4 members (excludes halogenated alkanes) is 1. The van der Waals surface area contributed by atoms with Crippen molar-refractivity contribution in [1.82, 2.24) is 55.6 Å². The second-order valence-corrected chi connectivity index (χ2v) is 23.8. The van der Waals surface area contributed by atoms with Gasteiger partial charge in [-0.25, -0.2) is 19.9 Å². The molecule has 8 bridgehead atoms. The van der Waals surface area contributed by atoms with Crippen LogP contribution in [0, 0.1) is 27.7 Å². The van der Waals surface area contributed by atoms with Gasteiger partial charge in [0.25, 0.3) is 0 Å². The molecule has 483 valence electrons. The predicted molar refractivity (Wildman–Crippen MR) is 374 cm³/mol. The van der Waals surface area contributed by atoms with Crippen LogP contribution in [-0.4, -0.2) is 87.2 Å². The molecule has 0 spiro atoms. The van der Waals surface area contributed by atoms with Crippen LogP contribution < -0.4 is 54.3 Å². The average Bonchev–Trinajstić information content (AvgIpc) is 1.64. The van der Waals surface area contributed by atoms with Crippen LogP contribution in [0.15, 0.2) is 152 Å². The summed E-state index contributed by atoms with van der Waals surface area (Å²) in [4.78, 5) is 81.8. The number of carbonyl (C=O) groups excluding carboxylic acids is 4. The topological polar surface area (TPSA) is 225 Å². The molecular weight excluding hydrogens is 1250 g/mol. The van der Waals surface area contributed by atoms with Crippen molar-refractivity contribution in [2.24, 2.45) is 0 Å². The van der Waals surface area contributed by atoms with E-state index in [1.165, 1.54) is 5.56 Å². The number of amides is 4. The molecule has 2 aliphatic rings. The molecule has 0 aliphatic carbocycles. The fourth-order valence-corrected chi connectivity index (χ4v) is 11.7. The van der Waals surface area contributed by atoms with Crippen molar-refractivity contribution in [3.63, 3.8) is 0 Å². The second-order valence-electron chi connectivity index (χ2n) is 23.8. The summed E-state index contributed by atoms with van der Waals surface area (Å²) < 4.78 is 1.92. The molecule has 0 unspecified atom stereocenters. The number of imidazole rings is 1. The minimum Gasteiger partial charge on any atom is -1.00 e. The Kier molecular flexibility index (Phi) is 22.8. The van der Waals surface area contributed by atoms with Crippen molar-refractivity contribution in [2.75, 3.05) is 49.9 Å². The van der Waals surface area contributed by atoms with Crippen molar-refractivity contribution in [1.29, 1.82) is 0 Å². The van der Waals surface area contributed by atoms with Crippen LogP contribution in [-0.2, 0) is 36.2 Å². The van der Waals surface area contributed by atoms with Crippen LogP contribution >= 0.6 is 0 Å². The number of carbonyl (C=O) groups is 4. The number of aryl methyl sites for hydroxylation is 4. The van der Waals surface area contributed by atoms with Crippen molar-refractivity contribution < 1.29 is 48.7 Å². The van der Waals surface area contributed by atoms with Gasteiger partial charge in [-0.1, -0.05) is 132 Å². The maximum Gasteiger partial charge on any atom is 3.00 e. The van der Waals surface area contributed by atoms with Crippen molar-refractivity contribution in [2.45, 2.75) is 79.1 Å². The van der Waals surface area contributed by atoms with Crippen molar-refractivity contribution in [3.8, 4) is 44.5 Å². The molecule has 1 radical (unpaired) electrons. The van der Waals surface area contributed by atoms with E-state index in [0.29, 0.717) is 30.0 Å². The Morgan fingerprint density at radius 3 is 1.22 bits per heavy atom. The standard InChI is InChI=1S/C76H77N13O4.ClH.Fe/c1-48-11-17-52(18-12-48)71-58-27-29-60(84-58)72(53-19-13-49(2)14-20-53)62-31-33-64(86-62)74(65-34-32-63(87-65)73(61-30-28-59(71)85-61)54-21-15-50(3)16-22-54)55-23-25-56(26-24-55)82-69(92)37-35-67(90)79-43-8-41-77-39-5-6-40-78-42-9-44-80-68(91)36-38-70(93)83-57-46-66-76(81-47-57)89-45-7-10-51(4)75(89)88-66;;/h7,10-34,45-47,77-78H,5-6,8-9,35-44H2,1-4H3,(H6,79,80,82,83,84,85,86,87,90,91,92,93);1H;/q;;+3/p-3. The molecule has 4 amide bonds. The summed E-state index contributed by atoms with van der Waals surface area (Å²) in [6.45, 7) is 12.6. The predicted octanol–water partition coefficient (Wildman–Crippen LogP) is 10.1. The van der Waals surface area contributed by atoms with Gasteiger partial charge in [0.1, 0.15) is 11.2 Å². The minimum atomic E-state index is -0.255. The number of anilines is 2. The molecule has 95 heavy (non-hydrogen) atoms. The summed E-state index contributed by atoms with van der Waals surface area (Å²) in [5.74, 6) is -0.839. The number of nitrogens with zero attached hydrogens (tertiary/aromatic N) is 7. The number of hydrogen-bond donors (Lipinski definition) is 6. The van der Waals surface area contributed by atoms with Gasteiger partial charge in [0.2, 0.25) is 23.6 Å². The second kappa shape index (κ2) is 31.9. The molecule has 10 aromatic rings. The van der Waals surface area contributed by atoms with E-state index in [2.05, 4.69) is 172 Å². The fourth-order valence-electron chi connectivity index (χ4n) is 11.7. The van der Waals surface area contributed by atoms with Crippen LogP contribution in [0.3, 0.4) is 0 Å². The Morgan fingerprint density at radius 1 is 0.421 bits per heavy atom. The maximum absolute atomic E-state index is 13.3. The zero-order valence-electron chi connectivity index (χ0n) is 53.6. The number of nitrogens with one attached hydrogen (secondary N) is 6. The van der Waals surface area contributed by atoms with Crippen molar-refractivity contribution in [3.05, 3.63) is 197 Å². The molecule has 8 heterocycles. The van der Waals surface area contributed by atoms with Gasteiger partial charge in [-0.2, -0.15) is 0 Å². The van der Waals surface area contributed by atoms with E-state index >= 15 is 0 Å². The smallest absolute Gasteiger partial charge is 1.00 e. The van der Waals surface area contributed by atoms with E-state index in [0.717, 1.165) is 169 Å². The summed E-state index contributed by atoms with van der Waals surface area (Å²) in [5.41, 5.74) is 21.5. The summed E-state index contributed by atoms with van der Waals surface area (Å²) >= 11 is 0. The Labute approximate surface area is 569 Å². The third-order valence-corrected chi connectivity index (χ3v) is 16.7. The van der Waals surface area contributed by atoms with Crippen LogP contribution in [0.5, 0.6) is 0 Å². The number of fused-ring (bicyclic) bond motifs is 11. The molecular formula is C76H75ClFeN13O4. The van der Waals surface area contributed by atoms with Gasteiger partial charge in [0, 0.05) is 50.7 Å². The average molecular weight is 1330 g/mol. The third-order valence-electron chi connectivity index (χ3n) is 16.7. The minimum absolute atomic E-state index is 0. The van der Waals surface area contributed by atoms with Gasteiger partial charge in [-0.3, -0.25) is 23.6 Å². The van der Waals surface area contributed by atoms with Crippen LogP contribution in [0.1, 0.15) is 96.4 Å². The molecule has 0 atom stereocenters. The van der Waals surface area contributed by atoms with Gasteiger partial charge in [-0.15, -0.1) is 22.1 Å². The van der Waals surface area contributed by atoms with E-state index in [9.17, 15) is 19.2 Å². The van der Waals surface area contributed by atoms with Crippen molar-refractivity contribution >= 4 is 98.2 Å². The van der Waals surface area contributed by atoms with Crippen LogP contribution in [0.4, 0.5) is 11.4 Å². The Balaban J connectivity index is 0.00000492. The molecule has 6 aromatic heterocycles. The van der Waals surface area contributed by atoms with Crippen LogP contribution in [0.25, 0.3) is 108 Å². The van der Waals surface area contributed by atoms with Gasteiger partial charge in [0.15, 0.2) is 5.65 Å². The molecule has 4 aromatic carbocycles. The summed E-state index contributed by atoms with van der Waals surface area (Å²) in [6, 6.07) is 47.2. The molecule has 6 N–H and O–H groups in total. The number of halogens is 1. The SMILES string of the molecule is Cc1ccc(-c2c3nc(c(-c4ccc(C)cc4)c4ccc([n-]4)c(-c4ccc(NC(=O)CCC(=O)NCCCNCCCCNCCCNC(=O)CCC(=O)Nc5cnc6c(c5)nc5c(C)cccn56)cc4)c4nc(c(-c5ccc(C)cc5)c5ccc2[n-]5)C=C4)C=C3)cc1.[Cl-].[Fe+3]. The molecule has 2 aliphatic heterocycles. The van der Waals surface area contributed by atoms with E-state index < -0.39 is 0 Å². The Bertz CT molecular complexity index is 4610. The molecule has 17 nitrogen and oxygen atoms in total. The first-order chi connectivity index (χ1) is 45.4. The van der Waals surface area contributed by atoms with E-state index in [1.807, 2.05) is 66.1 Å². The van der Waals surface area contributed by atoms with Gasteiger partial charge in [-0.05, 0) is 178 Å². The number of benzene rings is 4. The normalized spacial score (nSPS) is 11.5. The third kappa shape index (κ3) is 16.8. The monoisotopic (exact) mass is 1320 g/mol. The first-order valence-corrected chi connectivity index (χ1v) is 32.0. The number of rotatable bonds is 25. The molecule has 0 fully saturated rings. The van der Waals surface area contributed by atoms with Crippen LogP contribution in [0.2, 0.25) is 0 Å². The summed E-state index contributed by atoms with van der Waals surface area (Å²) in [6.07, 6.45) is 15.6. The molecule has 0 saturated carbocycles. The summed E-state index contributed by atoms with van der Waals surface area (Å²) in [5, 5.41) is 18.5. The molecule has 12 rings (SSSR count). The number of hydrogen-bond acceptors (Lipinski definition) is 10. The van der Waals surface area contributed by atoms with E-state index in [-0.39, 0.29) is 78.8 Å². The fraction of sp³-hybridized carbons (Fsp3) is 0.237. The number of pyridine rings is 2. The van der Waals surface area contributed by atoms with E-state index in [1.54, 1.807) is 12.3 Å². The Morgan fingerprint density at radius 2 is 0.800 bits per heavy atom. The van der Waals surface area contributed by atoms with Gasteiger partial charge >= 0.3 is 17.1 Å². The Hall–Kier alpha value is -9.81. The molecule has 0 saturated heterocycles. The quantitative estimate of drug-likeness (QED) is 0.0232. The first-order valence-electron chi connectivity index (χ1n) is 32.0. The molecule has 19 heteroatoms. The first kappa shape index (κ1) is 68.1. The maximum atomic E-state index is 13.3. The number of aromatic nitrogens is 7. The van der Waals surface area contributed by atoms with Gasteiger partial charge in [0.05, 0.1) is 34.7 Å². The van der Waals surface area contributed by atoms with Gasteiger partial charge < -0.3 is 54.3 Å². The zero-order valence-corrected chi connectivity index (χ0v) is 55.5. The zero-order chi connectivity index (χ0) is 64.2.